The van der Waals surface area contributed by atoms with Crippen molar-refractivity contribution in [3.8, 4) is 0 Å². The standard InChI is InChI=1S/C15H23N3O/c1-3-9-18-10-5-7-13(11-18)15(19)17-14-8-4-6-12(2)16-14/h4,6,8,13H,3,5,7,9-11H2,1-2H3,(H,16,17,19). The van der Waals surface area contributed by atoms with Gasteiger partial charge in [0.05, 0.1) is 5.92 Å². The average molecular weight is 261 g/mol. The third-order valence-corrected chi connectivity index (χ3v) is 3.56. The molecule has 1 atom stereocenters. The Balaban J connectivity index is 1.92. The third-order valence-electron chi connectivity index (χ3n) is 3.56. The van der Waals surface area contributed by atoms with Gasteiger partial charge in [0.25, 0.3) is 0 Å². The van der Waals surface area contributed by atoms with Crippen LogP contribution in [0, 0.1) is 12.8 Å². The molecule has 1 amide bonds. The van der Waals surface area contributed by atoms with E-state index in [1.807, 2.05) is 25.1 Å². The van der Waals surface area contributed by atoms with Gasteiger partial charge in [-0.2, -0.15) is 0 Å². The molecule has 0 bridgehead atoms. The van der Waals surface area contributed by atoms with E-state index in [9.17, 15) is 4.79 Å². The Hall–Kier alpha value is -1.42. The highest BCUT2D eigenvalue weighted by Crippen LogP contribution is 2.18. The fourth-order valence-electron chi connectivity index (χ4n) is 2.63. The average Bonchev–Trinajstić information content (AvgIpc) is 2.39. The molecule has 1 saturated heterocycles. The van der Waals surface area contributed by atoms with Crippen LogP contribution >= 0.6 is 0 Å². The minimum atomic E-state index is 0.0996. The summed E-state index contributed by atoms with van der Waals surface area (Å²) in [5, 5.41) is 2.94. The van der Waals surface area contributed by atoms with E-state index in [-0.39, 0.29) is 11.8 Å². The van der Waals surface area contributed by atoms with Crippen LogP contribution in [0.2, 0.25) is 0 Å². The van der Waals surface area contributed by atoms with Crippen LogP contribution < -0.4 is 5.32 Å². The summed E-state index contributed by atoms with van der Waals surface area (Å²) < 4.78 is 0. The van der Waals surface area contributed by atoms with E-state index in [1.54, 1.807) is 0 Å². The lowest BCUT2D eigenvalue weighted by Crippen LogP contribution is -2.41. The third kappa shape index (κ3) is 4.03. The number of amides is 1. The highest BCUT2D eigenvalue weighted by Gasteiger charge is 2.25. The molecule has 1 aromatic heterocycles. The number of nitrogens with one attached hydrogen (secondary N) is 1. The van der Waals surface area contributed by atoms with Crippen LogP contribution in [0.15, 0.2) is 18.2 Å². The van der Waals surface area contributed by atoms with Crippen molar-refractivity contribution >= 4 is 11.7 Å². The first-order valence-corrected chi connectivity index (χ1v) is 7.16. The number of hydrogen-bond donors (Lipinski definition) is 1. The second-order valence-electron chi connectivity index (χ2n) is 5.29. The Morgan fingerprint density at radius 3 is 3.11 bits per heavy atom. The fraction of sp³-hybridized carbons (Fsp3) is 0.600. The zero-order chi connectivity index (χ0) is 13.7. The molecular weight excluding hydrogens is 238 g/mol. The number of piperidine rings is 1. The molecule has 0 aromatic carbocycles. The number of likely N-dealkylation sites (tertiary alicyclic amines) is 1. The molecule has 1 aromatic rings. The van der Waals surface area contributed by atoms with Crippen LogP contribution in [-0.4, -0.2) is 35.4 Å². The number of hydrogen-bond acceptors (Lipinski definition) is 3. The molecule has 4 nitrogen and oxygen atoms in total. The zero-order valence-electron chi connectivity index (χ0n) is 11.9. The van der Waals surface area contributed by atoms with Crippen molar-refractivity contribution in [2.45, 2.75) is 33.1 Å². The van der Waals surface area contributed by atoms with E-state index in [0.29, 0.717) is 5.82 Å². The van der Waals surface area contributed by atoms with Crippen molar-refractivity contribution in [1.82, 2.24) is 9.88 Å². The summed E-state index contributed by atoms with van der Waals surface area (Å²) in [6.07, 6.45) is 3.24. The molecule has 0 spiro atoms. The van der Waals surface area contributed by atoms with E-state index in [1.165, 1.54) is 0 Å². The minimum Gasteiger partial charge on any atom is -0.310 e. The van der Waals surface area contributed by atoms with Crippen LogP contribution in [-0.2, 0) is 4.79 Å². The SMILES string of the molecule is CCCN1CCCC(C(=O)Nc2cccc(C)n2)C1. The van der Waals surface area contributed by atoms with Gasteiger partial charge in [-0.25, -0.2) is 4.98 Å². The lowest BCUT2D eigenvalue weighted by molar-refractivity contribution is -0.121. The van der Waals surface area contributed by atoms with Crippen molar-refractivity contribution in [1.29, 1.82) is 0 Å². The molecule has 0 aliphatic carbocycles. The van der Waals surface area contributed by atoms with Crippen LogP contribution in [0.1, 0.15) is 31.9 Å². The van der Waals surface area contributed by atoms with Gasteiger partial charge < -0.3 is 10.2 Å². The number of pyridine rings is 1. The van der Waals surface area contributed by atoms with E-state index in [4.69, 9.17) is 0 Å². The van der Waals surface area contributed by atoms with Gasteiger partial charge >= 0.3 is 0 Å². The molecule has 1 fully saturated rings. The molecular formula is C15H23N3O. The Morgan fingerprint density at radius 1 is 1.53 bits per heavy atom. The van der Waals surface area contributed by atoms with E-state index in [0.717, 1.165) is 44.6 Å². The van der Waals surface area contributed by atoms with Gasteiger partial charge in [-0.3, -0.25) is 4.79 Å². The fourth-order valence-corrected chi connectivity index (χ4v) is 2.63. The van der Waals surface area contributed by atoms with E-state index < -0.39 is 0 Å². The maximum absolute atomic E-state index is 12.3. The van der Waals surface area contributed by atoms with Crippen molar-refractivity contribution in [2.24, 2.45) is 5.92 Å². The van der Waals surface area contributed by atoms with Gasteiger partial charge in [0, 0.05) is 12.2 Å². The summed E-state index contributed by atoms with van der Waals surface area (Å²) in [4.78, 5) is 19.0. The normalized spacial score (nSPS) is 20.2. The van der Waals surface area contributed by atoms with Gasteiger partial charge in [0.2, 0.25) is 5.91 Å². The Bertz CT molecular complexity index is 431. The maximum Gasteiger partial charge on any atom is 0.229 e. The molecule has 0 saturated carbocycles. The molecule has 1 unspecified atom stereocenters. The lowest BCUT2D eigenvalue weighted by Gasteiger charge is -2.31. The molecule has 1 N–H and O–H groups in total. The first-order valence-electron chi connectivity index (χ1n) is 7.16. The minimum absolute atomic E-state index is 0.0996. The number of aryl methyl sites for hydroxylation is 1. The summed E-state index contributed by atoms with van der Waals surface area (Å²) in [6.45, 7) is 7.21. The molecule has 104 valence electrons. The van der Waals surface area contributed by atoms with Crippen molar-refractivity contribution in [2.75, 3.05) is 25.0 Å². The molecule has 2 rings (SSSR count). The summed E-state index contributed by atoms with van der Waals surface area (Å²) in [6, 6.07) is 5.69. The predicted molar refractivity (Wildman–Crippen MR) is 77.1 cm³/mol. The molecule has 1 aliphatic rings. The monoisotopic (exact) mass is 261 g/mol. The predicted octanol–water partition coefficient (Wildman–Crippen LogP) is 2.45. The Morgan fingerprint density at radius 2 is 2.37 bits per heavy atom. The van der Waals surface area contributed by atoms with Gasteiger partial charge in [-0.15, -0.1) is 0 Å². The van der Waals surface area contributed by atoms with Crippen LogP contribution in [0.25, 0.3) is 0 Å². The Labute approximate surface area is 115 Å². The highest BCUT2D eigenvalue weighted by atomic mass is 16.2. The van der Waals surface area contributed by atoms with Crippen LogP contribution in [0.4, 0.5) is 5.82 Å². The zero-order valence-corrected chi connectivity index (χ0v) is 11.9. The first-order chi connectivity index (χ1) is 9.19. The number of rotatable bonds is 4. The van der Waals surface area contributed by atoms with Gasteiger partial charge in [-0.1, -0.05) is 13.0 Å². The van der Waals surface area contributed by atoms with Gasteiger partial charge in [0.15, 0.2) is 0 Å². The summed E-state index contributed by atoms with van der Waals surface area (Å²) in [5.41, 5.74) is 0.925. The van der Waals surface area contributed by atoms with Crippen LogP contribution in [0.3, 0.4) is 0 Å². The van der Waals surface area contributed by atoms with Crippen molar-refractivity contribution < 1.29 is 4.79 Å². The Kier molecular flexibility index (Phi) is 4.91. The smallest absolute Gasteiger partial charge is 0.229 e. The molecule has 4 heteroatoms. The van der Waals surface area contributed by atoms with E-state index >= 15 is 0 Å². The number of nitrogens with zero attached hydrogens (tertiary/aromatic N) is 2. The van der Waals surface area contributed by atoms with Crippen molar-refractivity contribution in [3.05, 3.63) is 23.9 Å². The summed E-state index contributed by atoms with van der Waals surface area (Å²) >= 11 is 0. The van der Waals surface area contributed by atoms with E-state index in [2.05, 4.69) is 22.1 Å². The second kappa shape index (κ2) is 6.66. The lowest BCUT2D eigenvalue weighted by atomic mass is 9.97. The van der Waals surface area contributed by atoms with Crippen LogP contribution in [0.5, 0.6) is 0 Å². The molecule has 1 aliphatic heterocycles. The summed E-state index contributed by atoms with van der Waals surface area (Å²) in [7, 11) is 0. The number of aromatic nitrogens is 1. The first kappa shape index (κ1) is 14.0. The van der Waals surface area contributed by atoms with Gasteiger partial charge in [0.1, 0.15) is 5.82 Å². The second-order valence-corrected chi connectivity index (χ2v) is 5.29. The maximum atomic E-state index is 12.3. The topological polar surface area (TPSA) is 45.2 Å². The molecule has 19 heavy (non-hydrogen) atoms. The number of carbonyl (C=O) groups is 1. The van der Waals surface area contributed by atoms with Gasteiger partial charge in [-0.05, 0) is 51.4 Å². The highest BCUT2D eigenvalue weighted by molar-refractivity contribution is 5.91. The number of carbonyl (C=O) groups excluding carboxylic acids is 1. The quantitative estimate of drug-likeness (QED) is 0.905. The summed E-state index contributed by atoms with van der Waals surface area (Å²) in [5.74, 6) is 0.874. The van der Waals surface area contributed by atoms with Crippen molar-refractivity contribution in [3.63, 3.8) is 0 Å². The largest absolute Gasteiger partial charge is 0.310 e. The number of anilines is 1. The molecule has 2 heterocycles. The molecule has 0 radical (unpaired) electrons.